The molecule has 22 heavy (non-hydrogen) atoms. The minimum Gasteiger partial charge on any atom is -0.481 e. The lowest BCUT2D eigenvalue weighted by Crippen LogP contribution is -2.14. The standard InChI is InChI=1S/C16H16N2O4/c1-9(16(20)21)11-3-2-4-12(7-11)17-15(19)13-8-22-18-14(13)10-5-6-10/h2-4,7-10H,5-6H2,1H3,(H,17,19)(H,20,21). The van der Waals surface area contributed by atoms with Crippen LogP contribution in [0.3, 0.4) is 0 Å². The Morgan fingerprint density at radius 2 is 2.18 bits per heavy atom. The molecular weight excluding hydrogens is 284 g/mol. The van der Waals surface area contributed by atoms with E-state index in [0.717, 1.165) is 12.8 Å². The summed E-state index contributed by atoms with van der Waals surface area (Å²) < 4.78 is 4.91. The van der Waals surface area contributed by atoms with Crippen LogP contribution in [-0.2, 0) is 4.79 Å². The molecule has 1 heterocycles. The second-order valence-electron chi connectivity index (χ2n) is 5.53. The number of carbonyl (C=O) groups excluding carboxylic acids is 1. The Kier molecular flexibility index (Phi) is 3.66. The van der Waals surface area contributed by atoms with E-state index >= 15 is 0 Å². The van der Waals surface area contributed by atoms with Crippen LogP contribution in [0.1, 0.15) is 53.2 Å². The number of carbonyl (C=O) groups is 2. The van der Waals surface area contributed by atoms with Crippen LogP contribution >= 0.6 is 0 Å². The van der Waals surface area contributed by atoms with Gasteiger partial charge in [-0.3, -0.25) is 9.59 Å². The molecule has 114 valence electrons. The number of carboxylic acid groups (broad SMARTS) is 1. The quantitative estimate of drug-likeness (QED) is 0.885. The molecule has 1 atom stereocenters. The van der Waals surface area contributed by atoms with Crippen molar-refractivity contribution in [1.29, 1.82) is 0 Å². The van der Waals surface area contributed by atoms with E-state index < -0.39 is 11.9 Å². The number of nitrogens with one attached hydrogen (secondary N) is 1. The van der Waals surface area contributed by atoms with Crippen LogP contribution in [0.5, 0.6) is 0 Å². The van der Waals surface area contributed by atoms with E-state index in [2.05, 4.69) is 10.5 Å². The van der Waals surface area contributed by atoms with Gasteiger partial charge in [-0.25, -0.2) is 0 Å². The number of benzene rings is 1. The van der Waals surface area contributed by atoms with Crippen LogP contribution in [0.15, 0.2) is 35.1 Å². The maximum absolute atomic E-state index is 12.3. The van der Waals surface area contributed by atoms with E-state index in [-0.39, 0.29) is 5.91 Å². The monoisotopic (exact) mass is 300 g/mol. The number of aliphatic carboxylic acids is 1. The Morgan fingerprint density at radius 1 is 1.41 bits per heavy atom. The molecule has 1 aromatic carbocycles. The highest BCUT2D eigenvalue weighted by molar-refractivity contribution is 6.05. The van der Waals surface area contributed by atoms with E-state index in [1.807, 2.05) is 0 Å². The van der Waals surface area contributed by atoms with Gasteiger partial charge in [0.1, 0.15) is 11.8 Å². The highest BCUT2D eigenvalue weighted by Gasteiger charge is 2.31. The van der Waals surface area contributed by atoms with Crippen LogP contribution in [0.25, 0.3) is 0 Å². The lowest BCUT2D eigenvalue weighted by Gasteiger charge is -2.10. The van der Waals surface area contributed by atoms with Crippen molar-refractivity contribution in [3.8, 4) is 0 Å². The number of amides is 1. The van der Waals surface area contributed by atoms with Gasteiger partial charge >= 0.3 is 5.97 Å². The van der Waals surface area contributed by atoms with E-state index in [4.69, 9.17) is 9.63 Å². The van der Waals surface area contributed by atoms with E-state index in [1.165, 1.54) is 6.26 Å². The summed E-state index contributed by atoms with van der Waals surface area (Å²) in [4.78, 5) is 23.4. The molecule has 2 aromatic rings. The van der Waals surface area contributed by atoms with Crippen molar-refractivity contribution in [3.05, 3.63) is 47.3 Å². The molecule has 0 saturated heterocycles. The second-order valence-corrected chi connectivity index (χ2v) is 5.53. The van der Waals surface area contributed by atoms with Gasteiger partial charge in [0.05, 0.1) is 11.6 Å². The number of hydrogen-bond donors (Lipinski definition) is 2. The third kappa shape index (κ3) is 2.86. The molecule has 3 rings (SSSR count). The normalized spacial score (nSPS) is 15.3. The summed E-state index contributed by atoms with van der Waals surface area (Å²) in [6.45, 7) is 1.61. The molecular formula is C16H16N2O4. The minimum atomic E-state index is -0.904. The van der Waals surface area contributed by atoms with Crippen molar-refractivity contribution in [2.24, 2.45) is 0 Å². The van der Waals surface area contributed by atoms with Gasteiger partial charge in [0, 0.05) is 11.6 Å². The first-order chi connectivity index (χ1) is 10.6. The Hall–Kier alpha value is -2.63. The number of rotatable bonds is 5. The van der Waals surface area contributed by atoms with Crippen LogP contribution in [0, 0.1) is 0 Å². The molecule has 6 nitrogen and oxygen atoms in total. The molecule has 0 aliphatic heterocycles. The van der Waals surface area contributed by atoms with Crippen LogP contribution in [0.4, 0.5) is 5.69 Å². The summed E-state index contributed by atoms with van der Waals surface area (Å²) in [6.07, 6.45) is 3.41. The highest BCUT2D eigenvalue weighted by Crippen LogP contribution is 2.40. The molecule has 1 saturated carbocycles. The van der Waals surface area contributed by atoms with Crippen LogP contribution < -0.4 is 5.32 Å². The topological polar surface area (TPSA) is 92.4 Å². The Balaban J connectivity index is 1.78. The maximum Gasteiger partial charge on any atom is 0.310 e. The number of nitrogens with zero attached hydrogens (tertiary/aromatic N) is 1. The van der Waals surface area contributed by atoms with E-state index in [1.54, 1.807) is 31.2 Å². The number of hydrogen-bond acceptors (Lipinski definition) is 4. The summed E-state index contributed by atoms with van der Waals surface area (Å²) >= 11 is 0. The van der Waals surface area contributed by atoms with Gasteiger partial charge < -0.3 is 14.9 Å². The molecule has 1 fully saturated rings. The zero-order valence-corrected chi connectivity index (χ0v) is 12.1. The zero-order chi connectivity index (χ0) is 15.7. The molecule has 0 bridgehead atoms. The number of carboxylic acids is 1. The Labute approximate surface area is 127 Å². The van der Waals surface area contributed by atoms with Crippen molar-refractivity contribution in [2.45, 2.75) is 31.6 Å². The van der Waals surface area contributed by atoms with Crippen molar-refractivity contribution in [1.82, 2.24) is 5.16 Å². The van der Waals surface area contributed by atoms with Crippen LogP contribution in [-0.4, -0.2) is 22.1 Å². The van der Waals surface area contributed by atoms with Crippen LogP contribution in [0.2, 0.25) is 0 Å². The number of anilines is 1. The molecule has 1 aliphatic carbocycles. The van der Waals surface area contributed by atoms with Crippen molar-refractivity contribution < 1.29 is 19.2 Å². The fourth-order valence-corrected chi connectivity index (χ4v) is 2.29. The minimum absolute atomic E-state index is 0.289. The second kappa shape index (κ2) is 5.63. The molecule has 1 aromatic heterocycles. The first-order valence-electron chi connectivity index (χ1n) is 7.14. The first-order valence-corrected chi connectivity index (χ1v) is 7.14. The summed E-state index contributed by atoms with van der Waals surface area (Å²) in [5.41, 5.74) is 2.34. The van der Waals surface area contributed by atoms with Gasteiger partial charge in [-0.05, 0) is 37.5 Å². The fourth-order valence-electron chi connectivity index (χ4n) is 2.29. The molecule has 1 aliphatic rings. The number of aromatic nitrogens is 1. The summed E-state index contributed by atoms with van der Waals surface area (Å²) in [5.74, 6) is -1.51. The molecule has 0 radical (unpaired) electrons. The van der Waals surface area contributed by atoms with Crippen molar-refractivity contribution in [3.63, 3.8) is 0 Å². The predicted molar refractivity (Wildman–Crippen MR) is 78.9 cm³/mol. The zero-order valence-electron chi connectivity index (χ0n) is 12.1. The SMILES string of the molecule is CC(C(=O)O)c1cccc(NC(=O)c2conc2C2CC2)c1. The van der Waals surface area contributed by atoms with E-state index in [0.29, 0.717) is 28.4 Å². The Morgan fingerprint density at radius 3 is 2.86 bits per heavy atom. The van der Waals surface area contributed by atoms with Gasteiger partial charge in [0.15, 0.2) is 0 Å². The molecule has 1 amide bonds. The fraction of sp³-hybridized carbons (Fsp3) is 0.312. The van der Waals surface area contributed by atoms with Gasteiger partial charge in [0.25, 0.3) is 5.91 Å². The van der Waals surface area contributed by atoms with Crippen molar-refractivity contribution in [2.75, 3.05) is 5.32 Å². The molecule has 1 unspecified atom stereocenters. The van der Waals surface area contributed by atoms with Gasteiger partial charge in [-0.1, -0.05) is 17.3 Å². The molecule has 2 N–H and O–H groups in total. The summed E-state index contributed by atoms with van der Waals surface area (Å²) in [5, 5.41) is 15.7. The lowest BCUT2D eigenvalue weighted by atomic mass is 10.0. The third-order valence-corrected chi connectivity index (χ3v) is 3.82. The summed E-state index contributed by atoms with van der Waals surface area (Å²) in [7, 11) is 0. The third-order valence-electron chi connectivity index (χ3n) is 3.82. The Bertz CT molecular complexity index is 718. The van der Waals surface area contributed by atoms with Crippen molar-refractivity contribution >= 4 is 17.6 Å². The molecule has 6 heteroatoms. The van der Waals surface area contributed by atoms with Gasteiger partial charge in [-0.2, -0.15) is 0 Å². The van der Waals surface area contributed by atoms with E-state index in [9.17, 15) is 9.59 Å². The predicted octanol–water partition coefficient (Wildman–Crippen LogP) is 2.99. The lowest BCUT2D eigenvalue weighted by molar-refractivity contribution is -0.138. The highest BCUT2D eigenvalue weighted by atomic mass is 16.5. The maximum atomic E-state index is 12.3. The first kappa shape index (κ1) is 14.3. The van der Waals surface area contributed by atoms with Gasteiger partial charge in [-0.15, -0.1) is 0 Å². The molecule has 0 spiro atoms. The largest absolute Gasteiger partial charge is 0.481 e. The average molecular weight is 300 g/mol. The smallest absolute Gasteiger partial charge is 0.310 e. The summed E-state index contributed by atoms with van der Waals surface area (Å²) in [6, 6.07) is 6.84. The van der Waals surface area contributed by atoms with Gasteiger partial charge in [0.2, 0.25) is 0 Å². The average Bonchev–Trinajstić information content (AvgIpc) is 3.23.